The molecule has 0 bridgehead atoms. The van der Waals surface area contributed by atoms with E-state index in [2.05, 4.69) is 20.8 Å². The number of carbonyl (C=O) groups is 1. The third kappa shape index (κ3) is 3.14. The maximum atomic E-state index is 11.1. The predicted molar refractivity (Wildman–Crippen MR) is 109 cm³/mol. The van der Waals surface area contributed by atoms with Gasteiger partial charge in [0.15, 0.2) is 0 Å². The van der Waals surface area contributed by atoms with E-state index in [1.807, 2.05) is 0 Å². The van der Waals surface area contributed by atoms with Crippen molar-refractivity contribution in [3.8, 4) is 0 Å². The summed E-state index contributed by atoms with van der Waals surface area (Å²) in [7, 11) is 0. The summed E-state index contributed by atoms with van der Waals surface area (Å²) in [5, 5.41) is 30.4. The van der Waals surface area contributed by atoms with Crippen molar-refractivity contribution in [2.24, 2.45) is 46.3 Å². The number of aliphatic carboxylic acids is 1. The Kier molecular flexibility index (Phi) is 5.36. The van der Waals surface area contributed by atoms with Gasteiger partial charge in [-0.05, 0) is 104 Å². The van der Waals surface area contributed by atoms with Gasteiger partial charge in [0.2, 0.25) is 0 Å². The van der Waals surface area contributed by atoms with Crippen LogP contribution in [0.5, 0.6) is 0 Å². The van der Waals surface area contributed by atoms with Gasteiger partial charge in [-0.1, -0.05) is 20.8 Å². The minimum Gasteiger partial charge on any atom is -0.481 e. The average molecular weight is 393 g/mol. The minimum atomic E-state index is -0.677. The summed E-state index contributed by atoms with van der Waals surface area (Å²) in [6, 6.07) is 0. The fraction of sp³-hybridized carbons (Fsp3) is 0.958. The van der Waals surface area contributed by atoms with Gasteiger partial charge >= 0.3 is 5.97 Å². The van der Waals surface area contributed by atoms with E-state index in [9.17, 15) is 15.0 Å². The zero-order valence-corrected chi connectivity index (χ0v) is 17.9. The SMILES string of the molecule is C[C@H](CCC(=O)O)[C@H]1CC[C@H]2[C@@H]3C[C@@H](O)C4C[C@H](O)CC[C@]4(C)[C@H]3CC[C@]12C. The molecule has 28 heavy (non-hydrogen) atoms. The van der Waals surface area contributed by atoms with E-state index in [0.717, 1.165) is 32.1 Å². The minimum absolute atomic E-state index is 0.176. The molecule has 4 fully saturated rings. The molecule has 0 heterocycles. The van der Waals surface area contributed by atoms with Gasteiger partial charge < -0.3 is 15.3 Å². The van der Waals surface area contributed by atoms with Crippen LogP contribution in [0.25, 0.3) is 0 Å². The summed E-state index contributed by atoms with van der Waals surface area (Å²) in [4.78, 5) is 11.1. The first-order valence-electron chi connectivity index (χ1n) is 11.7. The Morgan fingerprint density at radius 2 is 1.64 bits per heavy atom. The highest BCUT2D eigenvalue weighted by Crippen LogP contribution is 2.68. The molecule has 3 N–H and O–H groups in total. The third-order valence-electron chi connectivity index (χ3n) is 10.2. The Morgan fingerprint density at radius 3 is 2.36 bits per heavy atom. The molecule has 4 aliphatic rings. The second-order valence-corrected chi connectivity index (χ2v) is 11.4. The lowest BCUT2D eigenvalue weighted by molar-refractivity contribution is -0.172. The number of hydrogen-bond donors (Lipinski definition) is 3. The van der Waals surface area contributed by atoms with Gasteiger partial charge in [0.1, 0.15) is 0 Å². The van der Waals surface area contributed by atoms with Crippen molar-refractivity contribution < 1.29 is 20.1 Å². The summed E-state index contributed by atoms with van der Waals surface area (Å²) in [5.41, 5.74) is 0.478. The zero-order chi connectivity index (χ0) is 20.3. The van der Waals surface area contributed by atoms with E-state index in [1.54, 1.807) is 0 Å². The fourth-order valence-electron chi connectivity index (χ4n) is 8.81. The van der Waals surface area contributed by atoms with Gasteiger partial charge in [0, 0.05) is 6.42 Å². The molecule has 160 valence electrons. The van der Waals surface area contributed by atoms with Crippen molar-refractivity contribution in [1.29, 1.82) is 0 Å². The Labute approximate surface area is 170 Å². The molecule has 4 saturated carbocycles. The number of hydrogen-bond acceptors (Lipinski definition) is 3. The highest BCUT2D eigenvalue weighted by atomic mass is 16.4. The Bertz CT molecular complexity index is 605. The maximum Gasteiger partial charge on any atom is 0.303 e. The number of rotatable bonds is 4. The number of aliphatic hydroxyl groups is 2. The molecule has 4 heteroatoms. The van der Waals surface area contributed by atoms with Gasteiger partial charge in [0.05, 0.1) is 12.2 Å². The summed E-state index contributed by atoms with van der Waals surface area (Å²) < 4.78 is 0. The lowest BCUT2D eigenvalue weighted by Crippen LogP contribution is -2.58. The monoisotopic (exact) mass is 392 g/mol. The largest absolute Gasteiger partial charge is 0.481 e. The highest BCUT2D eigenvalue weighted by molar-refractivity contribution is 5.66. The first-order valence-corrected chi connectivity index (χ1v) is 11.7. The van der Waals surface area contributed by atoms with E-state index in [4.69, 9.17) is 5.11 Å². The van der Waals surface area contributed by atoms with Crippen LogP contribution in [0.3, 0.4) is 0 Å². The second-order valence-electron chi connectivity index (χ2n) is 11.4. The molecule has 0 aromatic carbocycles. The number of carboxylic acids is 1. The summed E-state index contributed by atoms with van der Waals surface area (Å²) in [6.45, 7) is 7.16. The van der Waals surface area contributed by atoms with Gasteiger partial charge in [-0.2, -0.15) is 0 Å². The lowest BCUT2D eigenvalue weighted by atomic mass is 9.44. The molecular formula is C24H40O4. The predicted octanol–water partition coefficient (Wildman–Crippen LogP) is 4.48. The molecule has 4 nitrogen and oxygen atoms in total. The van der Waals surface area contributed by atoms with Crippen molar-refractivity contribution in [3.63, 3.8) is 0 Å². The topological polar surface area (TPSA) is 77.8 Å². The number of fused-ring (bicyclic) bond motifs is 5. The second kappa shape index (κ2) is 7.27. The Hall–Kier alpha value is -0.610. The first-order chi connectivity index (χ1) is 13.2. The van der Waals surface area contributed by atoms with Crippen LogP contribution >= 0.6 is 0 Å². The van der Waals surface area contributed by atoms with Crippen LogP contribution in [0.15, 0.2) is 0 Å². The van der Waals surface area contributed by atoms with Crippen molar-refractivity contribution in [3.05, 3.63) is 0 Å². The van der Waals surface area contributed by atoms with Gasteiger partial charge in [0.25, 0.3) is 0 Å². The molecule has 0 aromatic rings. The maximum absolute atomic E-state index is 11.1. The molecule has 0 saturated heterocycles. The van der Waals surface area contributed by atoms with E-state index in [-0.39, 0.29) is 30.0 Å². The molecule has 0 radical (unpaired) electrons. The van der Waals surface area contributed by atoms with Crippen LogP contribution in [-0.2, 0) is 4.79 Å². The molecule has 0 spiro atoms. The van der Waals surface area contributed by atoms with Gasteiger partial charge in [-0.3, -0.25) is 4.79 Å². The van der Waals surface area contributed by atoms with Crippen LogP contribution in [-0.4, -0.2) is 33.5 Å². The van der Waals surface area contributed by atoms with Gasteiger partial charge in [-0.15, -0.1) is 0 Å². The van der Waals surface area contributed by atoms with E-state index < -0.39 is 5.97 Å². The van der Waals surface area contributed by atoms with Crippen LogP contribution in [0, 0.1) is 46.3 Å². The molecule has 4 aliphatic carbocycles. The first kappa shape index (κ1) is 20.7. The van der Waals surface area contributed by atoms with Crippen molar-refractivity contribution in [2.75, 3.05) is 0 Å². The lowest BCUT2D eigenvalue weighted by Gasteiger charge is -2.62. The van der Waals surface area contributed by atoms with Crippen molar-refractivity contribution >= 4 is 5.97 Å². The van der Waals surface area contributed by atoms with Crippen LogP contribution in [0.2, 0.25) is 0 Å². The van der Waals surface area contributed by atoms with Crippen LogP contribution in [0.4, 0.5) is 0 Å². The average Bonchev–Trinajstić information content (AvgIpc) is 2.99. The Morgan fingerprint density at radius 1 is 0.964 bits per heavy atom. The molecule has 0 amide bonds. The standard InChI is InChI=1S/C24H40O4/c1-14(4-7-22(27)28)17-5-6-18-16-13-21(26)20-12-15(25)8-10-24(20,3)19(16)9-11-23(17,18)2/h14-21,25-26H,4-13H2,1-3H3,(H,27,28)/t14-,15-,16+,17-,18+,19+,20?,21-,23-,24-/m1/s1. The number of carboxylic acid groups (broad SMARTS) is 1. The zero-order valence-electron chi connectivity index (χ0n) is 17.9. The van der Waals surface area contributed by atoms with E-state index >= 15 is 0 Å². The summed E-state index contributed by atoms with van der Waals surface area (Å²) in [6.07, 6.45) is 9.16. The van der Waals surface area contributed by atoms with E-state index in [1.165, 1.54) is 25.7 Å². The molecule has 1 unspecified atom stereocenters. The summed E-state index contributed by atoms with van der Waals surface area (Å²) in [5.74, 6) is 2.61. The quantitative estimate of drug-likeness (QED) is 0.659. The van der Waals surface area contributed by atoms with Crippen molar-refractivity contribution in [2.45, 2.75) is 97.2 Å². The molecule has 0 aromatic heterocycles. The molecule has 4 rings (SSSR count). The fourth-order valence-corrected chi connectivity index (χ4v) is 8.81. The van der Waals surface area contributed by atoms with Crippen LogP contribution in [0.1, 0.15) is 85.0 Å². The van der Waals surface area contributed by atoms with Crippen molar-refractivity contribution in [1.82, 2.24) is 0 Å². The highest BCUT2D eigenvalue weighted by Gasteiger charge is 2.62. The molecule has 10 atom stereocenters. The normalized spacial score (nSPS) is 51.7. The molecular weight excluding hydrogens is 352 g/mol. The molecule has 0 aliphatic heterocycles. The Balaban J connectivity index is 1.55. The van der Waals surface area contributed by atoms with Crippen LogP contribution < -0.4 is 0 Å². The smallest absolute Gasteiger partial charge is 0.303 e. The van der Waals surface area contributed by atoms with Gasteiger partial charge in [-0.25, -0.2) is 0 Å². The third-order valence-corrected chi connectivity index (χ3v) is 10.2. The summed E-state index contributed by atoms with van der Waals surface area (Å²) >= 11 is 0. The number of aliphatic hydroxyl groups excluding tert-OH is 2. The van der Waals surface area contributed by atoms with E-state index in [0.29, 0.717) is 35.0 Å².